The minimum Gasteiger partial charge on any atom is -0.341 e. The number of rotatable bonds is 8. The zero-order valence-corrected chi connectivity index (χ0v) is 22.9. The molecule has 0 unspecified atom stereocenters. The number of nitrogens with zero attached hydrogens (tertiary/aromatic N) is 3. The molecule has 2 aliphatic heterocycles. The maximum absolute atomic E-state index is 13.8. The van der Waals surface area contributed by atoms with E-state index in [1.54, 1.807) is 0 Å². The highest BCUT2D eigenvalue weighted by Gasteiger charge is 2.59. The van der Waals surface area contributed by atoms with Gasteiger partial charge in [0.25, 0.3) is 5.91 Å². The number of hydrogen-bond donors (Lipinski definition) is 0. The lowest BCUT2D eigenvalue weighted by Gasteiger charge is -2.40. The molecule has 5 aliphatic rings. The van der Waals surface area contributed by atoms with E-state index in [0.717, 1.165) is 42.4 Å². The Hall–Kier alpha value is -3.52. The van der Waals surface area contributed by atoms with Gasteiger partial charge in [-0.05, 0) is 55.2 Å². The third kappa shape index (κ3) is 4.24. The van der Waals surface area contributed by atoms with E-state index in [2.05, 4.69) is 6.92 Å². The summed E-state index contributed by atoms with van der Waals surface area (Å²) in [5, 5.41) is 0. The van der Waals surface area contributed by atoms with Gasteiger partial charge in [-0.3, -0.25) is 19.2 Å². The molecule has 3 amide bonds. The first-order valence-corrected chi connectivity index (χ1v) is 14.6. The summed E-state index contributed by atoms with van der Waals surface area (Å²) in [4.78, 5) is 58.2. The van der Waals surface area contributed by atoms with Crippen molar-refractivity contribution in [3.05, 3.63) is 70.8 Å². The lowest BCUT2D eigenvalue weighted by molar-refractivity contribution is -0.149. The summed E-state index contributed by atoms with van der Waals surface area (Å²) in [6, 6.07) is 15.8. The number of hydrogen-bond acceptors (Lipinski definition) is 5. The van der Waals surface area contributed by atoms with Gasteiger partial charge in [0, 0.05) is 49.5 Å². The van der Waals surface area contributed by atoms with Crippen molar-refractivity contribution in [2.24, 2.45) is 11.8 Å². The van der Waals surface area contributed by atoms with Crippen molar-refractivity contribution in [3.63, 3.8) is 0 Å². The Labute approximate surface area is 234 Å². The van der Waals surface area contributed by atoms with Crippen molar-refractivity contribution in [3.8, 4) is 0 Å². The number of ether oxygens (including phenoxy) is 1. The molecule has 3 aliphatic carbocycles. The van der Waals surface area contributed by atoms with Crippen LogP contribution in [0.2, 0.25) is 0 Å². The summed E-state index contributed by atoms with van der Waals surface area (Å²) in [7, 11) is 0. The van der Waals surface area contributed by atoms with E-state index in [9.17, 15) is 19.2 Å². The van der Waals surface area contributed by atoms with Crippen molar-refractivity contribution < 1.29 is 23.9 Å². The number of carbonyl (C=O) groups is 4. The predicted octanol–water partition coefficient (Wildman–Crippen LogP) is 2.99. The zero-order chi connectivity index (χ0) is 27.6. The van der Waals surface area contributed by atoms with Gasteiger partial charge in [0.1, 0.15) is 13.3 Å². The molecular weight excluding hydrogens is 506 g/mol. The van der Waals surface area contributed by atoms with Gasteiger partial charge < -0.3 is 19.4 Å². The highest BCUT2D eigenvalue weighted by molar-refractivity contribution is 6.15. The van der Waals surface area contributed by atoms with Gasteiger partial charge in [-0.1, -0.05) is 48.5 Å². The fraction of sp³-hybridized carbons (Fsp3) is 0.500. The Morgan fingerprint density at radius 3 is 2.50 bits per heavy atom. The summed E-state index contributed by atoms with van der Waals surface area (Å²) in [5.74, 6) is 0.372. The highest BCUT2D eigenvalue weighted by atomic mass is 16.5. The van der Waals surface area contributed by atoms with Crippen LogP contribution in [0, 0.1) is 11.8 Å². The molecule has 0 aromatic heterocycles. The summed E-state index contributed by atoms with van der Waals surface area (Å²) in [6.45, 7) is 3.78. The van der Waals surface area contributed by atoms with Crippen LogP contribution in [-0.4, -0.2) is 70.6 Å². The third-order valence-corrected chi connectivity index (χ3v) is 9.51. The molecule has 1 spiro atoms. The molecule has 208 valence electrons. The average molecular weight is 542 g/mol. The molecule has 2 atom stereocenters. The molecule has 0 radical (unpaired) electrons. The van der Waals surface area contributed by atoms with Gasteiger partial charge in [0.2, 0.25) is 17.4 Å². The van der Waals surface area contributed by atoms with Crippen LogP contribution in [0.1, 0.15) is 60.8 Å². The van der Waals surface area contributed by atoms with E-state index < -0.39 is 11.5 Å². The summed E-state index contributed by atoms with van der Waals surface area (Å²) < 4.78 is 6.01. The van der Waals surface area contributed by atoms with Gasteiger partial charge in [-0.25, -0.2) is 0 Å². The molecule has 2 aromatic carbocycles. The quantitative estimate of drug-likeness (QED) is 0.480. The summed E-state index contributed by atoms with van der Waals surface area (Å²) in [6.07, 6.45) is 4.36. The van der Waals surface area contributed by atoms with Crippen molar-refractivity contribution in [2.75, 3.05) is 26.4 Å². The molecule has 40 heavy (non-hydrogen) atoms. The molecule has 0 bridgehead atoms. The number of ketones is 1. The molecule has 4 fully saturated rings. The van der Waals surface area contributed by atoms with Gasteiger partial charge in [0.15, 0.2) is 5.78 Å². The van der Waals surface area contributed by atoms with Gasteiger partial charge in [0.05, 0.1) is 0 Å². The van der Waals surface area contributed by atoms with E-state index in [1.165, 1.54) is 4.90 Å². The van der Waals surface area contributed by atoms with E-state index in [0.29, 0.717) is 31.1 Å². The van der Waals surface area contributed by atoms with Crippen molar-refractivity contribution >= 4 is 23.5 Å². The number of benzene rings is 2. The van der Waals surface area contributed by atoms with Gasteiger partial charge >= 0.3 is 0 Å². The van der Waals surface area contributed by atoms with Crippen LogP contribution in [0.4, 0.5) is 0 Å². The van der Waals surface area contributed by atoms with Gasteiger partial charge in [-0.15, -0.1) is 0 Å². The first-order valence-electron chi connectivity index (χ1n) is 14.6. The maximum Gasteiger partial charge on any atom is 0.269 e. The monoisotopic (exact) mass is 541 g/mol. The Kier molecular flexibility index (Phi) is 6.07. The van der Waals surface area contributed by atoms with Crippen LogP contribution in [0.5, 0.6) is 0 Å². The van der Waals surface area contributed by atoms with E-state index >= 15 is 0 Å². The minimum atomic E-state index is -1.66. The average Bonchev–Trinajstić information content (AvgIpc) is 3.85. The van der Waals surface area contributed by atoms with Crippen molar-refractivity contribution in [2.45, 2.75) is 63.1 Å². The summed E-state index contributed by atoms with van der Waals surface area (Å²) >= 11 is 0. The van der Waals surface area contributed by atoms with Crippen LogP contribution < -0.4 is 0 Å². The predicted molar refractivity (Wildman–Crippen MR) is 146 cm³/mol. The second kappa shape index (κ2) is 9.54. The minimum absolute atomic E-state index is 0.0783. The topological polar surface area (TPSA) is 87.2 Å². The molecule has 2 heterocycles. The number of amides is 3. The van der Waals surface area contributed by atoms with Crippen LogP contribution in [-0.2, 0) is 42.5 Å². The van der Waals surface area contributed by atoms with E-state index in [4.69, 9.17) is 4.74 Å². The Balaban J connectivity index is 1.06. The molecule has 0 N–H and O–H groups in total. The number of Topliss-reactive ketones (excluding diaryl/α,β-unsaturated/α-hetero) is 1. The smallest absolute Gasteiger partial charge is 0.269 e. The van der Waals surface area contributed by atoms with Crippen LogP contribution in [0.25, 0.3) is 0 Å². The van der Waals surface area contributed by atoms with E-state index in [-0.39, 0.29) is 55.2 Å². The SMILES string of the molecule is C[C@@H](C1CC1)N(Cc1ccccc1)C(=O)CN1CO[C@]2(C(=O)Cc3cc(C4CN(C(=O)C5CC5)C4)ccc32)C1=O. The van der Waals surface area contributed by atoms with Gasteiger partial charge in [-0.2, -0.15) is 0 Å². The van der Waals surface area contributed by atoms with Crippen molar-refractivity contribution in [1.29, 1.82) is 0 Å². The number of fused-ring (bicyclic) bond motifs is 2. The zero-order valence-electron chi connectivity index (χ0n) is 22.9. The van der Waals surface area contributed by atoms with Crippen molar-refractivity contribution in [1.82, 2.24) is 14.7 Å². The molecule has 7 rings (SSSR count). The number of likely N-dealkylation sites (tertiary alicyclic amines) is 1. The van der Waals surface area contributed by atoms with Crippen LogP contribution >= 0.6 is 0 Å². The number of carbonyl (C=O) groups excluding carboxylic acids is 4. The second-order valence-electron chi connectivity index (χ2n) is 12.3. The fourth-order valence-corrected chi connectivity index (χ4v) is 6.62. The lowest BCUT2D eigenvalue weighted by Crippen LogP contribution is -2.49. The molecule has 8 nitrogen and oxygen atoms in total. The Morgan fingerprint density at radius 2 is 1.80 bits per heavy atom. The first-order chi connectivity index (χ1) is 19.3. The fourth-order valence-electron chi connectivity index (χ4n) is 6.62. The lowest BCUT2D eigenvalue weighted by atomic mass is 9.87. The Bertz CT molecular complexity index is 1380. The molecular formula is C32H35N3O5. The molecule has 2 saturated carbocycles. The highest BCUT2D eigenvalue weighted by Crippen LogP contribution is 2.44. The second-order valence-corrected chi connectivity index (χ2v) is 12.3. The Morgan fingerprint density at radius 1 is 1.05 bits per heavy atom. The van der Waals surface area contributed by atoms with Crippen LogP contribution in [0.3, 0.4) is 0 Å². The molecule has 2 aromatic rings. The summed E-state index contributed by atoms with van der Waals surface area (Å²) in [5.41, 5.74) is 1.88. The largest absolute Gasteiger partial charge is 0.341 e. The van der Waals surface area contributed by atoms with E-state index in [1.807, 2.05) is 58.3 Å². The standard InChI is InChI=1S/C32H35N3O5/c1-20(22-7-8-22)35(15-21-5-3-2-4-6-21)29(37)18-34-19-40-32(31(34)39)27-12-11-24(13-25(27)14-28(32)36)26-16-33(17-26)30(38)23-9-10-23/h2-6,11-13,20,22-23,26H,7-10,14-19H2,1H3/t20-,32+/m0/s1. The normalized spacial score (nSPS) is 24.8. The maximum atomic E-state index is 13.8. The first kappa shape index (κ1) is 25.4. The third-order valence-electron chi connectivity index (χ3n) is 9.51. The molecule has 2 saturated heterocycles. The van der Waals surface area contributed by atoms with Crippen LogP contribution in [0.15, 0.2) is 48.5 Å². The molecule has 8 heteroatoms.